The zero-order chi connectivity index (χ0) is 19.8. The molecule has 2 aromatic carbocycles. The van der Waals surface area contributed by atoms with E-state index in [2.05, 4.69) is 36.6 Å². The zero-order valence-electron chi connectivity index (χ0n) is 16.7. The van der Waals surface area contributed by atoms with E-state index >= 15 is 0 Å². The van der Waals surface area contributed by atoms with Crippen molar-refractivity contribution in [3.63, 3.8) is 0 Å². The lowest BCUT2D eigenvalue weighted by Crippen LogP contribution is -2.25. The highest BCUT2D eigenvalue weighted by Crippen LogP contribution is 2.36. The second-order valence-corrected chi connectivity index (χ2v) is 8.49. The van der Waals surface area contributed by atoms with Gasteiger partial charge in [0.1, 0.15) is 5.82 Å². The number of amides is 1. The summed E-state index contributed by atoms with van der Waals surface area (Å²) in [4.78, 5) is 19.7. The lowest BCUT2D eigenvalue weighted by atomic mass is 10.1. The minimum atomic E-state index is 0.0884. The molecule has 5 heteroatoms. The summed E-state index contributed by atoms with van der Waals surface area (Å²) in [6.45, 7) is 8.01. The molecule has 1 aromatic heterocycles. The van der Waals surface area contributed by atoms with E-state index < -0.39 is 0 Å². The first kappa shape index (κ1) is 19.0. The first-order valence-corrected chi connectivity index (χ1v) is 10.3. The quantitative estimate of drug-likeness (QED) is 0.566. The van der Waals surface area contributed by atoms with E-state index in [0.29, 0.717) is 23.9 Å². The Morgan fingerprint density at radius 3 is 2.75 bits per heavy atom. The maximum absolute atomic E-state index is 12.9. The molecule has 1 saturated heterocycles. The molecule has 4 rings (SSSR count). The van der Waals surface area contributed by atoms with Crippen LogP contribution in [0.1, 0.15) is 44.0 Å². The molecule has 1 atom stereocenters. The van der Waals surface area contributed by atoms with Gasteiger partial charge in [0.25, 0.3) is 0 Å². The van der Waals surface area contributed by atoms with E-state index in [-0.39, 0.29) is 11.8 Å². The fraction of sp³-hybridized carbons (Fsp3) is 0.391. The summed E-state index contributed by atoms with van der Waals surface area (Å²) in [6, 6.07) is 14.0. The molecule has 0 aliphatic carbocycles. The third-order valence-electron chi connectivity index (χ3n) is 5.63. The number of carbonyl (C=O) groups is 1. The highest BCUT2D eigenvalue weighted by atomic mass is 35.5. The minimum absolute atomic E-state index is 0.0884. The lowest BCUT2D eigenvalue weighted by Gasteiger charge is -2.20. The first-order chi connectivity index (χ1) is 13.5. The molecule has 2 heterocycles. The van der Waals surface area contributed by atoms with Crippen molar-refractivity contribution >= 4 is 34.2 Å². The van der Waals surface area contributed by atoms with Crippen molar-refractivity contribution in [2.45, 2.75) is 46.1 Å². The Morgan fingerprint density at radius 2 is 1.96 bits per heavy atom. The van der Waals surface area contributed by atoms with Crippen LogP contribution in [0.25, 0.3) is 11.0 Å². The van der Waals surface area contributed by atoms with Crippen LogP contribution in [0.15, 0.2) is 42.5 Å². The normalized spacial score (nSPS) is 17.2. The molecular weight excluding hydrogens is 370 g/mol. The van der Waals surface area contributed by atoms with Crippen LogP contribution in [0.5, 0.6) is 0 Å². The fourth-order valence-corrected chi connectivity index (χ4v) is 4.20. The fourth-order valence-electron chi connectivity index (χ4n) is 4.03. The Balaban J connectivity index is 1.70. The monoisotopic (exact) mass is 395 g/mol. The molecule has 28 heavy (non-hydrogen) atoms. The molecule has 1 aliphatic heterocycles. The highest BCUT2D eigenvalue weighted by molar-refractivity contribution is 6.31. The van der Waals surface area contributed by atoms with Crippen LogP contribution in [0.2, 0.25) is 5.02 Å². The Labute approximate surface area is 171 Å². The van der Waals surface area contributed by atoms with E-state index in [1.807, 2.05) is 36.1 Å². The van der Waals surface area contributed by atoms with Gasteiger partial charge in [0.15, 0.2) is 0 Å². The maximum Gasteiger partial charge on any atom is 0.227 e. The molecule has 0 bridgehead atoms. The number of imidazole rings is 1. The number of aryl methyl sites for hydroxylation is 1. The lowest BCUT2D eigenvalue weighted by molar-refractivity contribution is -0.117. The Morgan fingerprint density at radius 1 is 1.18 bits per heavy atom. The maximum atomic E-state index is 12.9. The van der Waals surface area contributed by atoms with Gasteiger partial charge in [-0.15, -0.1) is 0 Å². The molecule has 0 saturated carbocycles. The van der Waals surface area contributed by atoms with E-state index in [9.17, 15) is 4.79 Å². The number of para-hydroxylation sites is 2. The number of hydrogen-bond donors (Lipinski definition) is 0. The van der Waals surface area contributed by atoms with Crippen LogP contribution in [-0.4, -0.2) is 22.0 Å². The standard InChI is InChI=1S/C23H26ClN3O/c1-15(2)11-12-26-21-9-5-4-8-19(21)25-23(26)17-13-22(28)27(14-17)20-10-6-7-18(24)16(20)3/h4-10,15,17H,11-14H2,1-3H3/t17-/m1/s1. The van der Waals surface area contributed by atoms with E-state index in [0.717, 1.165) is 41.1 Å². The number of rotatable bonds is 5. The molecule has 1 amide bonds. The predicted molar refractivity (Wildman–Crippen MR) is 115 cm³/mol. The zero-order valence-corrected chi connectivity index (χ0v) is 17.4. The topological polar surface area (TPSA) is 38.1 Å². The summed E-state index contributed by atoms with van der Waals surface area (Å²) in [6.07, 6.45) is 1.57. The summed E-state index contributed by atoms with van der Waals surface area (Å²) in [5.74, 6) is 1.87. The molecule has 1 aliphatic rings. The summed E-state index contributed by atoms with van der Waals surface area (Å²) in [5, 5.41) is 0.693. The van der Waals surface area contributed by atoms with Crippen molar-refractivity contribution in [1.29, 1.82) is 0 Å². The number of fused-ring (bicyclic) bond motifs is 1. The Bertz CT molecular complexity index is 1020. The highest BCUT2D eigenvalue weighted by Gasteiger charge is 2.35. The average Bonchev–Trinajstić information content (AvgIpc) is 3.22. The van der Waals surface area contributed by atoms with Crippen molar-refractivity contribution in [3.05, 3.63) is 58.9 Å². The number of hydrogen-bond acceptors (Lipinski definition) is 2. The molecule has 0 radical (unpaired) electrons. The summed E-state index contributed by atoms with van der Waals surface area (Å²) in [5.41, 5.74) is 4.02. The SMILES string of the molecule is Cc1c(Cl)cccc1N1C[C@H](c2nc3ccccc3n2CCC(C)C)CC1=O. The van der Waals surface area contributed by atoms with Gasteiger partial charge in [0, 0.05) is 36.1 Å². The van der Waals surface area contributed by atoms with Gasteiger partial charge in [-0.1, -0.05) is 43.6 Å². The van der Waals surface area contributed by atoms with Crippen molar-refractivity contribution in [1.82, 2.24) is 9.55 Å². The van der Waals surface area contributed by atoms with Crippen LogP contribution < -0.4 is 4.90 Å². The van der Waals surface area contributed by atoms with Crippen LogP contribution in [0, 0.1) is 12.8 Å². The van der Waals surface area contributed by atoms with E-state index in [1.165, 1.54) is 0 Å². The van der Waals surface area contributed by atoms with Crippen molar-refractivity contribution in [2.24, 2.45) is 5.92 Å². The van der Waals surface area contributed by atoms with Crippen LogP contribution in [0.4, 0.5) is 5.69 Å². The van der Waals surface area contributed by atoms with Crippen LogP contribution in [-0.2, 0) is 11.3 Å². The molecule has 0 spiro atoms. The van der Waals surface area contributed by atoms with E-state index in [4.69, 9.17) is 16.6 Å². The molecule has 0 N–H and O–H groups in total. The molecule has 146 valence electrons. The number of anilines is 1. The van der Waals surface area contributed by atoms with Crippen molar-refractivity contribution in [3.8, 4) is 0 Å². The van der Waals surface area contributed by atoms with Crippen LogP contribution >= 0.6 is 11.6 Å². The predicted octanol–water partition coefficient (Wildman–Crippen LogP) is 5.56. The smallest absolute Gasteiger partial charge is 0.227 e. The number of carbonyl (C=O) groups excluding carboxylic acids is 1. The Kier molecular flexibility index (Phi) is 5.15. The van der Waals surface area contributed by atoms with Crippen molar-refractivity contribution in [2.75, 3.05) is 11.4 Å². The van der Waals surface area contributed by atoms with Gasteiger partial charge in [-0.05, 0) is 49.1 Å². The third-order valence-corrected chi connectivity index (χ3v) is 6.04. The van der Waals surface area contributed by atoms with Gasteiger partial charge in [-0.3, -0.25) is 4.79 Å². The molecule has 4 nitrogen and oxygen atoms in total. The minimum Gasteiger partial charge on any atom is -0.328 e. The number of aromatic nitrogens is 2. The third kappa shape index (κ3) is 3.42. The number of halogens is 1. The van der Waals surface area contributed by atoms with Gasteiger partial charge in [-0.2, -0.15) is 0 Å². The van der Waals surface area contributed by atoms with Crippen molar-refractivity contribution < 1.29 is 4.79 Å². The molecule has 1 fully saturated rings. The van der Waals surface area contributed by atoms with Crippen LogP contribution in [0.3, 0.4) is 0 Å². The van der Waals surface area contributed by atoms with Gasteiger partial charge in [-0.25, -0.2) is 4.98 Å². The Hall–Kier alpha value is -2.33. The van der Waals surface area contributed by atoms with E-state index in [1.54, 1.807) is 0 Å². The second kappa shape index (κ2) is 7.59. The first-order valence-electron chi connectivity index (χ1n) is 9.96. The molecule has 3 aromatic rings. The largest absolute Gasteiger partial charge is 0.328 e. The second-order valence-electron chi connectivity index (χ2n) is 8.08. The van der Waals surface area contributed by atoms with Gasteiger partial charge >= 0.3 is 0 Å². The summed E-state index contributed by atoms with van der Waals surface area (Å²) >= 11 is 6.29. The van der Waals surface area contributed by atoms with Gasteiger partial charge < -0.3 is 9.47 Å². The number of benzene rings is 2. The molecule has 0 unspecified atom stereocenters. The van der Waals surface area contributed by atoms with Gasteiger partial charge in [0.05, 0.1) is 11.0 Å². The molecular formula is C23H26ClN3O. The average molecular weight is 396 g/mol. The van der Waals surface area contributed by atoms with Gasteiger partial charge in [0.2, 0.25) is 5.91 Å². The summed E-state index contributed by atoms with van der Waals surface area (Å²) in [7, 11) is 0. The number of nitrogens with zero attached hydrogens (tertiary/aromatic N) is 3. The summed E-state index contributed by atoms with van der Waals surface area (Å²) < 4.78 is 2.32.